The minimum Gasteiger partial charge on any atom is -0.383 e. The van der Waals surface area contributed by atoms with Gasteiger partial charge in [-0.2, -0.15) is 4.37 Å². The molecular formula is C12H21N3S. The van der Waals surface area contributed by atoms with Crippen LogP contribution in [0.1, 0.15) is 51.5 Å². The summed E-state index contributed by atoms with van der Waals surface area (Å²) in [5.41, 5.74) is 7.22. The summed E-state index contributed by atoms with van der Waals surface area (Å²) in [7, 11) is 0. The van der Waals surface area contributed by atoms with Crippen LogP contribution < -0.4 is 11.1 Å². The molecule has 0 amide bonds. The molecule has 1 atom stereocenters. The molecule has 0 aliphatic heterocycles. The first-order valence-electron chi connectivity index (χ1n) is 6.15. The Hall–Kier alpha value is -0.770. The van der Waals surface area contributed by atoms with Crippen LogP contribution in [0.15, 0.2) is 0 Å². The highest BCUT2D eigenvalue weighted by molar-refractivity contribution is 7.10. The van der Waals surface area contributed by atoms with Gasteiger partial charge in [-0.15, -0.1) is 0 Å². The van der Waals surface area contributed by atoms with E-state index in [-0.39, 0.29) is 0 Å². The van der Waals surface area contributed by atoms with Crippen LogP contribution in [0.25, 0.3) is 0 Å². The standard InChI is InChI=1S/C12H21N3S/c1-4-9(7(2)3)14-12-10(8-5-6-8)11(13)15-16-12/h7-9,14H,4-6H2,1-3H3,(H2,13,15). The van der Waals surface area contributed by atoms with Crippen LogP contribution in [0, 0.1) is 5.92 Å². The van der Waals surface area contributed by atoms with Crippen molar-refractivity contribution in [3.05, 3.63) is 5.56 Å². The van der Waals surface area contributed by atoms with Gasteiger partial charge in [-0.1, -0.05) is 20.8 Å². The molecule has 0 spiro atoms. The first kappa shape index (κ1) is 11.7. The second kappa shape index (κ2) is 4.62. The Morgan fingerprint density at radius 3 is 2.69 bits per heavy atom. The van der Waals surface area contributed by atoms with Crippen LogP contribution in [0.3, 0.4) is 0 Å². The average molecular weight is 239 g/mol. The maximum Gasteiger partial charge on any atom is 0.142 e. The molecule has 1 saturated carbocycles. The number of aromatic nitrogens is 1. The zero-order valence-corrected chi connectivity index (χ0v) is 11.1. The van der Waals surface area contributed by atoms with E-state index in [1.54, 1.807) is 0 Å². The van der Waals surface area contributed by atoms with Crippen LogP contribution in [-0.4, -0.2) is 10.4 Å². The van der Waals surface area contributed by atoms with E-state index in [0.29, 0.717) is 17.9 Å². The summed E-state index contributed by atoms with van der Waals surface area (Å²) in [5.74, 6) is 2.06. The largest absolute Gasteiger partial charge is 0.383 e. The number of nitrogen functional groups attached to an aromatic ring is 1. The lowest BCUT2D eigenvalue weighted by atomic mass is 10.0. The fourth-order valence-corrected chi connectivity index (χ4v) is 2.95. The predicted octanol–water partition coefficient (Wildman–Crippen LogP) is 3.45. The number of hydrogen-bond donors (Lipinski definition) is 2. The van der Waals surface area contributed by atoms with Crippen molar-refractivity contribution in [3.63, 3.8) is 0 Å². The summed E-state index contributed by atoms with van der Waals surface area (Å²) >= 11 is 1.52. The monoisotopic (exact) mass is 239 g/mol. The molecule has 0 aromatic carbocycles. The molecule has 0 radical (unpaired) electrons. The topological polar surface area (TPSA) is 50.9 Å². The van der Waals surface area contributed by atoms with Gasteiger partial charge in [0.05, 0.1) is 0 Å². The lowest BCUT2D eigenvalue weighted by molar-refractivity contribution is 0.512. The van der Waals surface area contributed by atoms with Crippen molar-refractivity contribution in [2.45, 2.75) is 52.0 Å². The molecule has 1 unspecified atom stereocenters. The van der Waals surface area contributed by atoms with Crippen molar-refractivity contribution in [1.29, 1.82) is 0 Å². The Balaban J connectivity index is 2.14. The van der Waals surface area contributed by atoms with Crippen molar-refractivity contribution < 1.29 is 0 Å². The molecule has 1 fully saturated rings. The normalized spacial score (nSPS) is 17.8. The Kier molecular flexibility index (Phi) is 3.38. The molecule has 1 aliphatic carbocycles. The van der Waals surface area contributed by atoms with E-state index in [0.717, 1.165) is 12.2 Å². The predicted molar refractivity (Wildman–Crippen MR) is 71.0 cm³/mol. The maximum atomic E-state index is 5.93. The Morgan fingerprint density at radius 1 is 1.50 bits per heavy atom. The lowest BCUT2D eigenvalue weighted by Gasteiger charge is -2.21. The van der Waals surface area contributed by atoms with E-state index in [1.807, 2.05) is 0 Å². The Bertz CT molecular complexity index is 355. The zero-order chi connectivity index (χ0) is 11.7. The number of rotatable bonds is 5. The van der Waals surface area contributed by atoms with E-state index in [4.69, 9.17) is 5.73 Å². The van der Waals surface area contributed by atoms with Gasteiger partial charge in [0.25, 0.3) is 0 Å². The van der Waals surface area contributed by atoms with Crippen molar-refractivity contribution >= 4 is 22.4 Å². The summed E-state index contributed by atoms with van der Waals surface area (Å²) in [6.45, 7) is 6.73. The Labute approximate surface area is 102 Å². The Morgan fingerprint density at radius 2 is 2.19 bits per heavy atom. The van der Waals surface area contributed by atoms with E-state index in [2.05, 4.69) is 30.5 Å². The minimum atomic E-state index is 0.525. The number of nitrogens with zero attached hydrogens (tertiary/aromatic N) is 1. The number of nitrogens with two attached hydrogens (primary N) is 1. The number of anilines is 2. The van der Waals surface area contributed by atoms with Crippen molar-refractivity contribution in [1.82, 2.24) is 4.37 Å². The summed E-state index contributed by atoms with van der Waals surface area (Å²) in [5, 5.41) is 4.82. The van der Waals surface area contributed by atoms with Gasteiger partial charge in [-0.05, 0) is 42.6 Å². The SMILES string of the molecule is CCC(Nc1snc(N)c1C1CC1)C(C)C. The molecule has 16 heavy (non-hydrogen) atoms. The van der Waals surface area contributed by atoms with Crippen LogP contribution in [0.2, 0.25) is 0 Å². The fraction of sp³-hybridized carbons (Fsp3) is 0.750. The molecule has 1 aliphatic rings. The molecule has 0 saturated heterocycles. The molecule has 90 valence electrons. The quantitative estimate of drug-likeness (QED) is 0.827. The maximum absolute atomic E-state index is 5.93. The van der Waals surface area contributed by atoms with Gasteiger partial charge in [-0.25, -0.2) is 0 Å². The third-order valence-corrected chi connectivity index (χ3v) is 4.11. The molecule has 0 bridgehead atoms. The van der Waals surface area contributed by atoms with Crippen LogP contribution in [0.5, 0.6) is 0 Å². The lowest BCUT2D eigenvalue weighted by Crippen LogP contribution is -2.24. The van der Waals surface area contributed by atoms with E-state index in [1.165, 1.54) is 34.9 Å². The van der Waals surface area contributed by atoms with Crippen molar-refractivity contribution in [2.75, 3.05) is 11.1 Å². The molecule has 3 N–H and O–H groups in total. The van der Waals surface area contributed by atoms with Gasteiger partial charge < -0.3 is 11.1 Å². The molecule has 3 nitrogen and oxygen atoms in total. The van der Waals surface area contributed by atoms with Gasteiger partial charge in [0.15, 0.2) is 0 Å². The first-order chi connectivity index (χ1) is 7.63. The van der Waals surface area contributed by atoms with Crippen LogP contribution >= 0.6 is 11.5 Å². The van der Waals surface area contributed by atoms with Gasteiger partial charge in [0.1, 0.15) is 10.8 Å². The van der Waals surface area contributed by atoms with E-state index in [9.17, 15) is 0 Å². The smallest absolute Gasteiger partial charge is 0.142 e. The second-order valence-corrected chi connectivity index (χ2v) is 5.76. The third kappa shape index (κ3) is 2.32. The highest BCUT2D eigenvalue weighted by atomic mass is 32.1. The zero-order valence-electron chi connectivity index (χ0n) is 10.3. The first-order valence-corrected chi connectivity index (χ1v) is 6.92. The highest BCUT2D eigenvalue weighted by Crippen LogP contribution is 2.47. The minimum absolute atomic E-state index is 0.525. The second-order valence-electron chi connectivity index (χ2n) is 4.99. The third-order valence-electron chi connectivity index (χ3n) is 3.30. The summed E-state index contributed by atoms with van der Waals surface area (Å²) in [6.07, 6.45) is 3.69. The molecule has 4 heteroatoms. The van der Waals surface area contributed by atoms with Gasteiger partial charge >= 0.3 is 0 Å². The highest BCUT2D eigenvalue weighted by Gasteiger charge is 2.31. The van der Waals surface area contributed by atoms with Crippen LogP contribution in [0.4, 0.5) is 10.8 Å². The molecule has 1 aromatic heterocycles. The van der Waals surface area contributed by atoms with Crippen molar-refractivity contribution in [2.24, 2.45) is 5.92 Å². The van der Waals surface area contributed by atoms with Gasteiger partial charge in [0.2, 0.25) is 0 Å². The molecule has 1 heterocycles. The summed E-state index contributed by atoms with van der Waals surface area (Å²) in [6, 6.07) is 0.525. The molecule has 1 aromatic rings. The van der Waals surface area contributed by atoms with E-state index < -0.39 is 0 Å². The van der Waals surface area contributed by atoms with E-state index >= 15 is 0 Å². The number of nitrogens with one attached hydrogen (secondary N) is 1. The average Bonchev–Trinajstić information content (AvgIpc) is 3.00. The molecular weight excluding hydrogens is 218 g/mol. The van der Waals surface area contributed by atoms with Crippen molar-refractivity contribution in [3.8, 4) is 0 Å². The van der Waals surface area contributed by atoms with Gasteiger partial charge in [0, 0.05) is 11.6 Å². The van der Waals surface area contributed by atoms with Crippen LogP contribution in [-0.2, 0) is 0 Å². The fourth-order valence-electron chi connectivity index (χ4n) is 2.09. The van der Waals surface area contributed by atoms with Gasteiger partial charge in [-0.3, -0.25) is 0 Å². The number of hydrogen-bond acceptors (Lipinski definition) is 4. The molecule has 2 rings (SSSR count). The summed E-state index contributed by atoms with van der Waals surface area (Å²) < 4.78 is 4.28. The summed E-state index contributed by atoms with van der Waals surface area (Å²) in [4.78, 5) is 0.